The van der Waals surface area contributed by atoms with E-state index in [9.17, 15) is 0 Å². The van der Waals surface area contributed by atoms with Crippen LogP contribution in [0, 0.1) is 0 Å². The number of unbranched alkanes of at least 4 members (excludes halogenated alkanes) is 2. The van der Waals surface area contributed by atoms with Gasteiger partial charge in [0, 0.05) is 38.3 Å². The maximum atomic E-state index is 4.81. The molecule has 2 N–H and O–H groups in total. The Morgan fingerprint density at radius 1 is 1.00 bits per heavy atom. The normalized spacial score (nSPS) is 20.5. The summed E-state index contributed by atoms with van der Waals surface area (Å²) in [5, 5.41) is 7.09. The molecule has 0 aromatic carbocycles. The molecule has 2 heterocycles. The molecule has 0 saturated carbocycles. The molecule has 160 valence electrons. The van der Waals surface area contributed by atoms with Crippen molar-refractivity contribution in [2.45, 2.75) is 84.2 Å². The molecule has 0 radical (unpaired) electrons. The fourth-order valence-electron chi connectivity index (χ4n) is 4.07. The van der Waals surface area contributed by atoms with Gasteiger partial charge in [-0.1, -0.05) is 12.8 Å². The van der Waals surface area contributed by atoms with Gasteiger partial charge in [0.2, 0.25) is 0 Å². The Morgan fingerprint density at radius 2 is 1.70 bits per heavy atom. The monoisotopic (exact) mass is 493 g/mol. The number of halogens is 1. The van der Waals surface area contributed by atoms with E-state index >= 15 is 0 Å². The minimum Gasteiger partial charge on any atom is -0.357 e. The third-order valence-electron chi connectivity index (χ3n) is 5.80. The zero-order valence-electron chi connectivity index (χ0n) is 18.0. The summed E-state index contributed by atoms with van der Waals surface area (Å²) < 4.78 is 0. The fourth-order valence-corrected chi connectivity index (χ4v) is 4.07. The first-order chi connectivity index (χ1) is 12.7. The molecule has 2 aliphatic heterocycles. The molecule has 2 fully saturated rings. The van der Waals surface area contributed by atoms with Gasteiger partial charge in [-0.2, -0.15) is 0 Å². The predicted octanol–water partition coefficient (Wildman–Crippen LogP) is 3.69. The van der Waals surface area contributed by atoms with E-state index in [1.807, 2.05) is 0 Å². The molecule has 27 heavy (non-hydrogen) atoms. The van der Waals surface area contributed by atoms with Crippen LogP contribution in [0.1, 0.15) is 72.1 Å². The van der Waals surface area contributed by atoms with Crippen LogP contribution in [0.25, 0.3) is 0 Å². The van der Waals surface area contributed by atoms with Crippen LogP contribution < -0.4 is 10.6 Å². The van der Waals surface area contributed by atoms with Crippen molar-refractivity contribution in [1.82, 2.24) is 20.4 Å². The van der Waals surface area contributed by atoms with Gasteiger partial charge >= 0.3 is 0 Å². The molecule has 0 amide bonds. The first-order valence-electron chi connectivity index (χ1n) is 11.2. The predicted molar refractivity (Wildman–Crippen MR) is 128 cm³/mol. The molecular formula is C21H44IN5. The highest BCUT2D eigenvalue weighted by molar-refractivity contribution is 14.0. The van der Waals surface area contributed by atoms with Gasteiger partial charge in [0.25, 0.3) is 0 Å². The number of nitrogens with one attached hydrogen (secondary N) is 2. The smallest absolute Gasteiger partial charge is 0.191 e. The third kappa shape index (κ3) is 10.3. The summed E-state index contributed by atoms with van der Waals surface area (Å²) >= 11 is 0. The van der Waals surface area contributed by atoms with Gasteiger partial charge in [-0.05, 0) is 78.9 Å². The van der Waals surface area contributed by atoms with Crippen molar-refractivity contribution in [2.75, 3.05) is 45.8 Å². The summed E-state index contributed by atoms with van der Waals surface area (Å²) in [5.74, 6) is 1.02. The maximum absolute atomic E-state index is 4.81. The zero-order valence-corrected chi connectivity index (χ0v) is 20.3. The van der Waals surface area contributed by atoms with Crippen molar-refractivity contribution in [1.29, 1.82) is 0 Å². The van der Waals surface area contributed by atoms with Gasteiger partial charge in [-0.3, -0.25) is 4.99 Å². The summed E-state index contributed by atoms with van der Waals surface area (Å²) in [5.41, 5.74) is 0. The highest BCUT2D eigenvalue weighted by Gasteiger charge is 2.21. The number of likely N-dealkylation sites (tertiary alicyclic amines) is 2. The van der Waals surface area contributed by atoms with Crippen molar-refractivity contribution in [3.63, 3.8) is 0 Å². The SMILES string of the molecule is CCNC(=NCCCCCN1CCCCC1)NC1CCN(C(C)C)CC1.I. The molecule has 2 aliphatic rings. The van der Waals surface area contributed by atoms with Crippen LogP contribution in [0.5, 0.6) is 0 Å². The molecule has 2 saturated heterocycles. The maximum Gasteiger partial charge on any atom is 0.191 e. The fraction of sp³-hybridized carbons (Fsp3) is 0.952. The van der Waals surface area contributed by atoms with Crippen LogP contribution in [0.15, 0.2) is 4.99 Å². The second-order valence-corrected chi connectivity index (χ2v) is 8.27. The van der Waals surface area contributed by atoms with Crippen LogP contribution in [0.4, 0.5) is 0 Å². The van der Waals surface area contributed by atoms with Gasteiger partial charge in [0.05, 0.1) is 0 Å². The Hall–Kier alpha value is -0.0800. The molecule has 0 unspecified atom stereocenters. The van der Waals surface area contributed by atoms with E-state index in [0.717, 1.165) is 19.0 Å². The van der Waals surface area contributed by atoms with Gasteiger partial charge in [0.15, 0.2) is 5.96 Å². The lowest BCUT2D eigenvalue weighted by molar-refractivity contribution is 0.167. The van der Waals surface area contributed by atoms with Crippen molar-refractivity contribution >= 4 is 29.9 Å². The van der Waals surface area contributed by atoms with Crippen molar-refractivity contribution in [2.24, 2.45) is 4.99 Å². The molecule has 0 bridgehead atoms. The van der Waals surface area contributed by atoms with Crippen LogP contribution in [0.3, 0.4) is 0 Å². The average molecular weight is 494 g/mol. The van der Waals surface area contributed by atoms with Crippen LogP contribution in [0.2, 0.25) is 0 Å². The summed E-state index contributed by atoms with van der Waals surface area (Å²) in [6.45, 7) is 15.0. The van der Waals surface area contributed by atoms with Gasteiger partial charge in [0.1, 0.15) is 0 Å². The number of rotatable bonds is 9. The first kappa shape index (κ1) is 25.0. The lowest BCUT2D eigenvalue weighted by Gasteiger charge is -2.35. The number of guanidine groups is 1. The van der Waals surface area contributed by atoms with Gasteiger partial charge in [-0.25, -0.2) is 0 Å². The van der Waals surface area contributed by atoms with Crippen LogP contribution >= 0.6 is 24.0 Å². The third-order valence-corrected chi connectivity index (χ3v) is 5.80. The van der Waals surface area contributed by atoms with E-state index in [-0.39, 0.29) is 24.0 Å². The average Bonchev–Trinajstić information content (AvgIpc) is 2.66. The largest absolute Gasteiger partial charge is 0.357 e. The van der Waals surface area contributed by atoms with Gasteiger partial charge in [-0.15, -0.1) is 24.0 Å². The highest BCUT2D eigenvalue weighted by atomic mass is 127. The van der Waals surface area contributed by atoms with E-state index in [2.05, 4.69) is 41.2 Å². The minimum atomic E-state index is 0. The lowest BCUT2D eigenvalue weighted by Crippen LogP contribution is -2.49. The number of hydrogen-bond donors (Lipinski definition) is 2. The topological polar surface area (TPSA) is 42.9 Å². The molecule has 5 nitrogen and oxygen atoms in total. The molecule has 0 aliphatic carbocycles. The number of aliphatic imine (C=N–C) groups is 1. The molecule has 0 spiro atoms. The van der Waals surface area contributed by atoms with Gasteiger partial charge < -0.3 is 20.4 Å². The molecule has 0 aromatic heterocycles. The van der Waals surface area contributed by atoms with Crippen molar-refractivity contribution in [3.8, 4) is 0 Å². The Balaban J connectivity index is 0.00000364. The second kappa shape index (κ2) is 14.9. The molecule has 0 atom stereocenters. The van der Waals surface area contributed by atoms with E-state index < -0.39 is 0 Å². The summed E-state index contributed by atoms with van der Waals surface area (Å²) in [6, 6.07) is 1.24. The van der Waals surface area contributed by atoms with E-state index in [4.69, 9.17) is 4.99 Å². The number of piperidine rings is 2. The zero-order chi connectivity index (χ0) is 18.6. The summed E-state index contributed by atoms with van der Waals surface area (Å²) in [6.07, 6.45) is 10.5. The van der Waals surface area contributed by atoms with Crippen molar-refractivity contribution < 1.29 is 0 Å². The van der Waals surface area contributed by atoms with Crippen molar-refractivity contribution in [3.05, 3.63) is 0 Å². The van der Waals surface area contributed by atoms with Crippen LogP contribution in [-0.4, -0.2) is 73.7 Å². The number of hydrogen-bond acceptors (Lipinski definition) is 3. The quantitative estimate of drug-likeness (QED) is 0.223. The highest BCUT2D eigenvalue weighted by Crippen LogP contribution is 2.13. The first-order valence-corrected chi connectivity index (χ1v) is 11.2. The summed E-state index contributed by atoms with van der Waals surface area (Å²) in [7, 11) is 0. The standard InChI is InChI=1S/C21H43N5.HI/c1-4-22-21(24-20-11-17-26(18-12-20)19(2)3)23-13-7-5-8-14-25-15-9-6-10-16-25;/h19-20H,4-18H2,1-3H3,(H2,22,23,24);1H. The molecular weight excluding hydrogens is 449 g/mol. The Bertz CT molecular complexity index is 388. The number of nitrogens with zero attached hydrogens (tertiary/aromatic N) is 3. The Morgan fingerprint density at radius 3 is 2.33 bits per heavy atom. The lowest BCUT2D eigenvalue weighted by atomic mass is 10.0. The van der Waals surface area contributed by atoms with Crippen LogP contribution in [-0.2, 0) is 0 Å². The van der Waals surface area contributed by atoms with E-state index in [1.165, 1.54) is 84.1 Å². The van der Waals surface area contributed by atoms with E-state index in [0.29, 0.717) is 12.1 Å². The van der Waals surface area contributed by atoms with E-state index in [1.54, 1.807) is 0 Å². The molecule has 0 aromatic rings. The Kier molecular flexibility index (Phi) is 13.7. The molecule has 2 rings (SSSR count). The summed E-state index contributed by atoms with van der Waals surface area (Å²) in [4.78, 5) is 10.0. The minimum absolute atomic E-state index is 0. The molecule has 6 heteroatoms. The second-order valence-electron chi connectivity index (χ2n) is 8.27. The Labute approximate surface area is 185 Å².